The van der Waals surface area contributed by atoms with Crippen molar-refractivity contribution in [1.29, 1.82) is 0 Å². The largest absolute Gasteiger partial charge is 0.353 e. The average Bonchev–Trinajstić information content (AvgIpc) is 2.92. The summed E-state index contributed by atoms with van der Waals surface area (Å²) in [5.41, 5.74) is 0.574. The van der Waals surface area contributed by atoms with Crippen molar-refractivity contribution in [3.8, 4) is 0 Å². The number of amides is 1. The van der Waals surface area contributed by atoms with Crippen LogP contribution in [0.5, 0.6) is 0 Å². The maximum atomic E-state index is 13.0. The number of sulfonamides is 1. The van der Waals surface area contributed by atoms with Gasteiger partial charge in [-0.2, -0.15) is 0 Å². The van der Waals surface area contributed by atoms with E-state index in [2.05, 4.69) is 5.32 Å². The van der Waals surface area contributed by atoms with Crippen molar-refractivity contribution in [3.05, 3.63) is 35.6 Å². The molecule has 1 amide bonds. The highest BCUT2D eigenvalue weighted by molar-refractivity contribution is 7.88. The van der Waals surface area contributed by atoms with Gasteiger partial charge in [-0.15, -0.1) is 0 Å². The van der Waals surface area contributed by atoms with Gasteiger partial charge in [-0.25, -0.2) is 17.1 Å². The first-order valence-corrected chi connectivity index (χ1v) is 11.6. The topological polar surface area (TPSA) is 66.5 Å². The highest BCUT2D eigenvalue weighted by Crippen LogP contribution is 2.23. The highest BCUT2D eigenvalue weighted by atomic mass is 32.2. The number of piperidine rings is 1. The first kappa shape index (κ1) is 20.3. The van der Waals surface area contributed by atoms with Gasteiger partial charge in [-0.3, -0.25) is 4.79 Å². The van der Waals surface area contributed by atoms with Crippen molar-refractivity contribution in [3.63, 3.8) is 0 Å². The van der Waals surface area contributed by atoms with E-state index in [0.717, 1.165) is 12.8 Å². The van der Waals surface area contributed by atoms with Crippen LogP contribution in [-0.4, -0.2) is 37.8 Å². The van der Waals surface area contributed by atoms with Crippen LogP contribution in [0.25, 0.3) is 0 Å². The zero-order chi connectivity index (χ0) is 19.3. The summed E-state index contributed by atoms with van der Waals surface area (Å²) in [5.74, 6) is -0.536. The highest BCUT2D eigenvalue weighted by Gasteiger charge is 2.31. The van der Waals surface area contributed by atoms with Crippen LogP contribution in [0, 0.1) is 11.7 Å². The summed E-state index contributed by atoms with van der Waals surface area (Å²) >= 11 is 0. The first-order valence-electron chi connectivity index (χ1n) is 9.97. The second kappa shape index (κ2) is 9.15. The summed E-state index contributed by atoms with van der Waals surface area (Å²) < 4.78 is 39.7. The Kier molecular flexibility index (Phi) is 6.87. The number of rotatable bonds is 5. The molecule has 5 nitrogen and oxygen atoms in total. The van der Waals surface area contributed by atoms with Gasteiger partial charge < -0.3 is 5.32 Å². The van der Waals surface area contributed by atoms with Crippen molar-refractivity contribution in [1.82, 2.24) is 9.62 Å². The summed E-state index contributed by atoms with van der Waals surface area (Å²) in [5, 5.41) is 3.18. The lowest BCUT2D eigenvalue weighted by Crippen LogP contribution is -2.45. The Balaban J connectivity index is 1.49. The molecule has 0 radical (unpaired) electrons. The van der Waals surface area contributed by atoms with Crippen molar-refractivity contribution in [2.45, 2.75) is 63.2 Å². The van der Waals surface area contributed by atoms with E-state index in [4.69, 9.17) is 0 Å². The van der Waals surface area contributed by atoms with Crippen LogP contribution in [0.15, 0.2) is 24.3 Å². The van der Waals surface area contributed by atoms with Gasteiger partial charge in [-0.05, 0) is 43.4 Å². The third kappa shape index (κ3) is 5.75. The molecule has 150 valence electrons. The molecule has 0 aromatic heterocycles. The molecular formula is C20H29FN2O3S. The maximum absolute atomic E-state index is 13.0. The molecule has 0 bridgehead atoms. The third-order valence-corrected chi connectivity index (χ3v) is 7.53. The van der Waals surface area contributed by atoms with Crippen molar-refractivity contribution in [2.75, 3.05) is 13.1 Å². The maximum Gasteiger partial charge on any atom is 0.223 e. The molecule has 0 unspecified atom stereocenters. The molecule has 0 spiro atoms. The van der Waals surface area contributed by atoms with E-state index in [1.54, 1.807) is 0 Å². The molecular weight excluding hydrogens is 367 g/mol. The minimum absolute atomic E-state index is 0.0810. The summed E-state index contributed by atoms with van der Waals surface area (Å²) in [6.07, 6.45) is 8.05. The Labute approximate surface area is 161 Å². The molecule has 1 aliphatic carbocycles. The normalized spacial score (nSPS) is 20.9. The second-order valence-electron chi connectivity index (χ2n) is 7.75. The minimum Gasteiger partial charge on any atom is -0.353 e. The lowest BCUT2D eigenvalue weighted by atomic mass is 9.96. The Morgan fingerprint density at radius 1 is 1.00 bits per heavy atom. The van der Waals surface area contributed by atoms with Crippen molar-refractivity contribution in [2.24, 2.45) is 5.92 Å². The van der Waals surface area contributed by atoms with Crippen LogP contribution in [0.3, 0.4) is 0 Å². The fraction of sp³-hybridized carbons (Fsp3) is 0.650. The average molecular weight is 397 g/mol. The molecule has 1 saturated heterocycles. The van der Waals surface area contributed by atoms with Gasteiger partial charge in [0.15, 0.2) is 0 Å². The summed E-state index contributed by atoms with van der Waals surface area (Å²) in [6.45, 7) is 0.735. The van der Waals surface area contributed by atoms with E-state index in [9.17, 15) is 17.6 Å². The van der Waals surface area contributed by atoms with Crippen LogP contribution < -0.4 is 5.32 Å². The van der Waals surface area contributed by atoms with E-state index in [0.29, 0.717) is 31.5 Å². The Hall–Kier alpha value is -1.47. The molecule has 1 saturated carbocycles. The van der Waals surface area contributed by atoms with Gasteiger partial charge in [0, 0.05) is 25.0 Å². The van der Waals surface area contributed by atoms with E-state index in [1.165, 1.54) is 54.3 Å². The van der Waals surface area contributed by atoms with E-state index in [1.807, 2.05) is 0 Å². The molecule has 1 aliphatic heterocycles. The predicted octanol–water partition coefficient (Wildman–Crippen LogP) is 3.21. The molecule has 2 fully saturated rings. The molecule has 3 rings (SSSR count). The molecule has 0 atom stereocenters. The van der Waals surface area contributed by atoms with Crippen molar-refractivity contribution < 1.29 is 17.6 Å². The van der Waals surface area contributed by atoms with Crippen LogP contribution in [0.1, 0.15) is 56.9 Å². The summed E-state index contributed by atoms with van der Waals surface area (Å²) in [4.78, 5) is 12.5. The minimum atomic E-state index is -3.45. The number of carbonyl (C=O) groups excluding carboxylic acids is 1. The quantitative estimate of drug-likeness (QED) is 0.777. The number of carbonyl (C=O) groups is 1. The second-order valence-corrected chi connectivity index (χ2v) is 9.72. The molecule has 1 aromatic rings. The standard InChI is InChI=1S/C20H29FN2O3S/c21-18-9-7-16(8-10-18)15-27(25,26)23-13-11-17(12-14-23)20(24)22-19-5-3-1-2-4-6-19/h7-10,17,19H,1-6,11-15H2,(H,22,24). The number of benzene rings is 1. The Morgan fingerprint density at radius 2 is 1.59 bits per heavy atom. The van der Waals surface area contributed by atoms with Crippen LogP contribution in [0.4, 0.5) is 4.39 Å². The van der Waals surface area contributed by atoms with Gasteiger partial charge in [0.25, 0.3) is 0 Å². The lowest BCUT2D eigenvalue weighted by molar-refractivity contribution is -0.126. The lowest BCUT2D eigenvalue weighted by Gasteiger charge is -2.31. The SMILES string of the molecule is O=C(NC1CCCCCC1)C1CCN(S(=O)(=O)Cc2ccc(F)cc2)CC1. The number of halogens is 1. The van der Waals surface area contributed by atoms with E-state index >= 15 is 0 Å². The van der Waals surface area contributed by atoms with Gasteiger partial charge in [-0.1, -0.05) is 37.8 Å². The van der Waals surface area contributed by atoms with E-state index in [-0.39, 0.29) is 29.4 Å². The summed E-state index contributed by atoms with van der Waals surface area (Å²) in [7, 11) is -3.45. The third-order valence-electron chi connectivity index (χ3n) is 5.68. The number of nitrogens with zero attached hydrogens (tertiary/aromatic N) is 1. The van der Waals surface area contributed by atoms with Crippen LogP contribution >= 0.6 is 0 Å². The predicted molar refractivity (Wildman–Crippen MR) is 103 cm³/mol. The van der Waals surface area contributed by atoms with Crippen LogP contribution in [0.2, 0.25) is 0 Å². The molecule has 1 heterocycles. The Bertz CT molecular complexity index is 720. The first-order chi connectivity index (χ1) is 12.9. The van der Waals surface area contributed by atoms with Gasteiger partial charge in [0.2, 0.25) is 15.9 Å². The monoisotopic (exact) mass is 396 g/mol. The van der Waals surface area contributed by atoms with Gasteiger partial charge >= 0.3 is 0 Å². The zero-order valence-corrected chi connectivity index (χ0v) is 16.5. The molecule has 1 aromatic carbocycles. The number of hydrogen-bond acceptors (Lipinski definition) is 3. The fourth-order valence-electron chi connectivity index (χ4n) is 4.02. The molecule has 7 heteroatoms. The van der Waals surface area contributed by atoms with Crippen LogP contribution in [-0.2, 0) is 20.6 Å². The van der Waals surface area contributed by atoms with Gasteiger partial charge in [0.1, 0.15) is 5.82 Å². The zero-order valence-electron chi connectivity index (χ0n) is 15.7. The molecule has 1 N–H and O–H groups in total. The smallest absolute Gasteiger partial charge is 0.223 e. The molecule has 27 heavy (non-hydrogen) atoms. The van der Waals surface area contributed by atoms with Gasteiger partial charge in [0.05, 0.1) is 5.75 Å². The number of hydrogen-bond donors (Lipinski definition) is 1. The number of nitrogens with one attached hydrogen (secondary N) is 1. The van der Waals surface area contributed by atoms with Crippen molar-refractivity contribution >= 4 is 15.9 Å². The van der Waals surface area contributed by atoms with E-state index < -0.39 is 10.0 Å². The fourth-order valence-corrected chi connectivity index (χ4v) is 5.58. The Morgan fingerprint density at radius 3 is 2.19 bits per heavy atom. The molecule has 2 aliphatic rings. The summed E-state index contributed by atoms with van der Waals surface area (Å²) in [6, 6.07) is 5.82.